The van der Waals surface area contributed by atoms with E-state index in [-0.39, 0.29) is 0 Å². The number of hydrogen-bond acceptors (Lipinski definition) is 1. The topological polar surface area (TPSA) is 37.3 Å². The van der Waals surface area contributed by atoms with Crippen LogP contribution in [0.25, 0.3) is 0 Å². The number of carboxylic acids is 1. The Labute approximate surface area is 173 Å². The van der Waals surface area contributed by atoms with Crippen molar-refractivity contribution in [2.24, 2.45) is 5.92 Å². The first-order valence-corrected chi connectivity index (χ1v) is 11.9. The third-order valence-corrected chi connectivity index (χ3v) is 6.74. The van der Waals surface area contributed by atoms with Gasteiger partial charge in [-0.3, -0.25) is 4.79 Å². The highest BCUT2D eigenvalue weighted by atomic mass is 16.4. The Morgan fingerprint density at radius 1 is 0.964 bits per heavy atom. The molecule has 2 heteroatoms. The number of unbranched alkanes of at least 4 members (excludes halogenated alkanes) is 6. The summed E-state index contributed by atoms with van der Waals surface area (Å²) < 4.78 is 0. The van der Waals surface area contributed by atoms with Gasteiger partial charge < -0.3 is 5.11 Å². The van der Waals surface area contributed by atoms with E-state index in [9.17, 15) is 4.79 Å². The van der Waals surface area contributed by atoms with E-state index in [0.29, 0.717) is 6.42 Å². The highest BCUT2D eigenvalue weighted by Gasteiger charge is 2.22. The SMILES string of the molecule is CCCCCC1CCC(c2ccc(CCCCCCCC(=O)O)c(C)c2)CC1. The van der Waals surface area contributed by atoms with Crippen LogP contribution in [0.2, 0.25) is 0 Å². The molecule has 0 aliphatic heterocycles. The normalized spacial score (nSPS) is 19.6. The zero-order chi connectivity index (χ0) is 20.2. The van der Waals surface area contributed by atoms with Crippen molar-refractivity contribution in [3.8, 4) is 0 Å². The van der Waals surface area contributed by atoms with Gasteiger partial charge in [-0.15, -0.1) is 0 Å². The summed E-state index contributed by atoms with van der Waals surface area (Å²) in [5, 5.41) is 8.67. The second-order valence-electron chi connectivity index (χ2n) is 9.06. The lowest BCUT2D eigenvalue weighted by atomic mass is 9.76. The van der Waals surface area contributed by atoms with E-state index >= 15 is 0 Å². The Balaban J connectivity index is 1.68. The summed E-state index contributed by atoms with van der Waals surface area (Å²) in [5.74, 6) is 1.10. The van der Waals surface area contributed by atoms with E-state index < -0.39 is 5.97 Å². The number of hydrogen-bond donors (Lipinski definition) is 1. The Hall–Kier alpha value is -1.31. The van der Waals surface area contributed by atoms with Crippen molar-refractivity contribution in [2.75, 3.05) is 0 Å². The van der Waals surface area contributed by atoms with E-state index in [2.05, 4.69) is 32.0 Å². The van der Waals surface area contributed by atoms with Gasteiger partial charge in [0.15, 0.2) is 0 Å². The third-order valence-electron chi connectivity index (χ3n) is 6.74. The predicted octanol–water partition coefficient (Wildman–Crippen LogP) is 7.82. The zero-order valence-electron chi connectivity index (χ0n) is 18.3. The minimum Gasteiger partial charge on any atom is -0.481 e. The minimum atomic E-state index is -0.666. The van der Waals surface area contributed by atoms with Crippen LogP contribution < -0.4 is 0 Å². The van der Waals surface area contributed by atoms with E-state index in [0.717, 1.165) is 37.5 Å². The van der Waals surface area contributed by atoms with Crippen LogP contribution in [-0.4, -0.2) is 11.1 Å². The van der Waals surface area contributed by atoms with Crippen LogP contribution in [0.1, 0.15) is 119 Å². The summed E-state index contributed by atoms with van der Waals surface area (Å²) in [4.78, 5) is 10.5. The van der Waals surface area contributed by atoms with Gasteiger partial charge in [-0.25, -0.2) is 0 Å². The second kappa shape index (κ2) is 13.0. The first kappa shape index (κ1) is 23.0. The fraction of sp³-hybridized carbons (Fsp3) is 0.731. The maximum atomic E-state index is 10.5. The molecule has 1 saturated carbocycles. The molecule has 0 radical (unpaired) electrons. The Bertz CT molecular complexity index is 570. The van der Waals surface area contributed by atoms with Gasteiger partial charge in [0.25, 0.3) is 0 Å². The van der Waals surface area contributed by atoms with Crippen LogP contribution in [-0.2, 0) is 11.2 Å². The molecular weight excluding hydrogens is 344 g/mol. The molecule has 0 aromatic heterocycles. The molecule has 0 spiro atoms. The van der Waals surface area contributed by atoms with E-state index in [1.165, 1.54) is 75.3 Å². The highest BCUT2D eigenvalue weighted by molar-refractivity contribution is 5.66. The molecule has 158 valence electrons. The average Bonchev–Trinajstić information content (AvgIpc) is 2.69. The fourth-order valence-electron chi connectivity index (χ4n) is 4.84. The monoisotopic (exact) mass is 386 g/mol. The molecular formula is C26H42O2. The maximum absolute atomic E-state index is 10.5. The fourth-order valence-corrected chi connectivity index (χ4v) is 4.84. The lowest BCUT2D eigenvalue weighted by molar-refractivity contribution is -0.137. The number of carboxylic acid groups (broad SMARTS) is 1. The van der Waals surface area contributed by atoms with E-state index in [4.69, 9.17) is 5.11 Å². The summed E-state index contributed by atoms with van der Waals surface area (Å²) in [5.41, 5.74) is 4.54. The van der Waals surface area contributed by atoms with Crippen molar-refractivity contribution in [1.29, 1.82) is 0 Å². The molecule has 0 heterocycles. The third kappa shape index (κ3) is 8.37. The molecule has 2 nitrogen and oxygen atoms in total. The lowest BCUT2D eigenvalue weighted by Crippen LogP contribution is -2.13. The highest BCUT2D eigenvalue weighted by Crippen LogP contribution is 2.38. The van der Waals surface area contributed by atoms with Crippen LogP contribution >= 0.6 is 0 Å². The first-order valence-electron chi connectivity index (χ1n) is 11.9. The molecule has 0 bridgehead atoms. The maximum Gasteiger partial charge on any atom is 0.303 e. The van der Waals surface area contributed by atoms with Crippen LogP contribution in [0.3, 0.4) is 0 Å². The van der Waals surface area contributed by atoms with Gasteiger partial charge in [0, 0.05) is 6.42 Å². The standard InChI is InChI=1S/C26H42O2/c1-3-4-8-11-22-14-16-24(17-15-22)25-19-18-23(21(2)20-25)12-9-6-5-7-10-13-26(27)28/h18-20,22,24H,3-17H2,1-2H3,(H,27,28). The average molecular weight is 387 g/mol. The lowest BCUT2D eigenvalue weighted by Gasteiger charge is -2.29. The molecule has 1 aliphatic carbocycles. The van der Waals surface area contributed by atoms with Gasteiger partial charge in [0.05, 0.1) is 0 Å². The first-order chi connectivity index (χ1) is 13.6. The van der Waals surface area contributed by atoms with Gasteiger partial charge in [-0.2, -0.15) is 0 Å². The number of aryl methyl sites for hydroxylation is 2. The number of aliphatic carboxylic acids is 1. The van der Waals surface area contributed by atoms with Crippen LogP contribution in [0.5, 0.6) is 0 Å². The molecule has 0 saturated heterocycles. The van der Waals surface area contributed by atoms with Crippen molar-refractivity contribution >= 4 is 5.97 Å². The number of benzene rings is 1. The van der Waals surface area contributed by atoms with Gasteiger partial charge in [-0.05, 0) is 80.4 Å². The Morgan fingerprint density at radius 3 is 2.36 bits per heavy atom. The number of rotatable bonds is 13. The molecule has 28 heavy (non-hydrogen) atoms. The van der Waals surface area contributed by atoms with Crippen LogP contribution in [0.4, 0.5) is 0 Å². The largest absolute Gasteiger partial charge is 0.481 e. The molecule has 0 unspecified atom stereocenters. The smallest absolute Gasteiger partial charge is 0.303 e. The van der Waals surface area contributed by atoms with Gasteiger partial charge in [0.2, 0.25) is 0 Å². The quantitative estimate of drug-likeness (QED) is 0.351. The molecule has 0 amide bonds. The minimum absolute atomic E-state index is 0.321. The van der Waals surface area contributed by atoms with Crippen molar-refractivity contribution in [3.63, 3.8) is 0 Å². The van der Waals surface area contributed by atoms with Crippen molar-refractivity contribution in [2.45, 2.75) is 116 Å². The number of carbonyl (C=O) groups is 1. The summed E-state index contributed by atoms with van der Waals surface area (Å²) in [7, 11) is 0. The molecule has 1 aromatic carbocycles. The van der Waals surface area contributed by atoms with Gasteiger partial charge in [-0.1, -0.05) is 70.1 Å². The van der Waals surface area contributed by atoms with Crippen molar-refractivity contribution in [3.05, 3.63) is 34.9 Å². The van der Waals surface area contributed by atoms with Gasteiger partial charge in [0.1, 0.15) is 0 Å². The van der Waals surface area contributed by atoms with Crippen molar-refractivity contribution < 1.29 is 9.90 Å². The summed E-state index contributed by atoms with van der Waals surface area (Å²) in [6.45, 7) is 4.58. The van der Waals surface area contributed by atoms with Crippen molar-refractivity contribution in [1.82, 2.24) is 0 Å². The molecule has 1 N–H and O–H groups in total. The van der Waals surface area contributed by atoms with E-state index in [1.807, 2.05) is 0 Å². The predicted molar refractivity (Wildman–Crippen MR) is 119 cm³/mol. The summed E-state index contributed by atoms with van der Waals surface area (Å²) in [6, 6.07) is 7.24. The molecule has 1 aromatic rings. The van der Waals surface area contributed by atoms with E-state index in [1.54, 1.807) is 5.56 Å². The summed E-state index contributed by atoms with van der Waals surface area (Å²) in [6.07, 6.45) is 18.2. The second-order valence-corrected chi connectivity index (χ2v) is 9.06. The molecule has 0 atom stereocenters. The zero-order valence-corrected chi connectivity index (χ0v) is 18.3. The molecule has 1 aliphatic rings. The molecule has 2 rings (SSSR count). The van der Waals surface area contributed by atoms with Gasteiger partial charge >= 0.3 is 5.97 Å². The van der Waals surface area contributed by atoms with Crippen LogP contribution in [0, 0.1) is 12.8 Å². The Morgan fingerprint density at radius 2 is 1.68 bits per heavy atom. The molecule has 1 fully saturated rings. The van der Waals surface area contributed by atoms with Crippen LogP contribution in [0.15, 0.2) is 18.2 Å². The summed E-state index contributed by atoms with van der Waals surface area (Å²) >= 11 is 0. The Kier molecular flexibility index (Phi) is 10.7.